The van der Waals surface area contributed by atoms with Crippen LogP contribution in [0.4, 0.5) is 0 Å². The van der Waals surface area contributed by atoms with Crippen molar-refractivity contribution in [2.45, 2.75) is 6.42 Å². The van der Waals surface area contributed by atoms with Gasteiger partial charge in [-0.25, -0.2) is 0 Å². The lowest BCUT2D eigenvalue weighted by Crippen LogP contribution is -1.86. The number of benzene rings is 2. The standard InChI is InChI=1S/C14H11O/c15-10-9-12-5-4-8-14(11-12)13-6-2-1-3-7-13/h1-8,11H,9H2. The van der Waals surface area contributed by atoms with Gasteiger partial charge in [-0.1, -0.05) is 54.6 Å². The van der Waals surface area contributed by atoms with Gasteiger partial charge in [0.25, 0.3) is 0 Å². The summed E-state index contributed by atoms with van der Waals surface area (Å²) in [5.41, 5.74) is 3.32. The fourth-order valence-corrected chi connectivity index (χ4v) is 1.57. The van der Waals surface area contributed by atoms with Gasteiger partial charge < -0.3 is 0 Å². The van der Waals surface area contributed by atoms with Gasteiger partial charge in [-0.15, -0.1) is 0 Å². The van der Waals surface area contributed by atoms with Crippen LogP contribution in [0.3, 0.4) is 0 Å². The molecule has 2 rings (SSSR count). The van der Waals surface area contributed by atoms with E-state index in [2.05, 4.69) is 12.1 Å². The van der Waals surface area contributed by atoms with Crippen LogP contribution in [0.5, 0.6) is 0 Å². The minimum atomic E-state index is 0.362. The molecular weight excluding hydrogens is 184 g/mol. The van der Waals surface area contributed by atoms with Crippen LogP contribution in [0.2, 0.25) is 0 Å². The first-order valence-electron chi connectivity index (χ1n) is 4.89. The van der Waals surface area contributed by atoms with Crippen LogP contribution in [0, 0.1) is 0 Å². The Balaban J connectivity index is 2.37. The van der Waals surface area contributed by atoms with Crippen LogP contribution in [0.25, 0.3) is 11.1 Å². The molecule has 73 valence electrons. The minimum absolute atomic E-state index is 0.362. The number of hydrogen-bond donors (Lipinski definition) is 0. The fraction of sp³-hybridized carbons (Fsp3) is 0.0714. The van der Waals surface area contributed by atoms with Gasteiger partial charge in [-0.2, -0.15) is 0 Å². The Labute approximate surface area is 89.4 Å². The quantitative estimate of drug-likeness (QED) is 0.735. The normalized spacial score (nSPS) is 9.87. The van der Waals surface area contributed by atoms with Gasteiger partial charge in [0.15, 0.2) is 0 Å². The minimum Gasteiger partial charge on any atom is -0.291 e. The summed E-state index contributed by atoms with van der Waals surface area (Å²) < 4.78 is 0. The molecule has 0 amide bonds. The van der Waals surface area contributed by atoms with Crippen molar-refractivity contribution in [1.82, 2.24) is 0 Å². The molecule has 1 heteroatoms. The van der Waals surface area contributed by atoms with Gasteiger partial charge in [-0.3, -0.25) is 4.79 Å². The van der Waals surface area contributed by atoms with Crippen LogP contribution in [-0.4, -0.2) is 6.29 Å². The van der Waals surface area contributed by atoms with Crippen molar-refractivity contribution in [2.75, 3.05) is 0 Å². The Morgan fingerprint density at radius 1 is 0.867 bits per heavy atom. The fourth-order valence-electron chi connectivity index (χ4n) is 1.57. The third kappa shape index (κ3) is 2.32. The maximum absolute atomic E-state index is 10.3. The molecule has 0 saturated heterocycles. The van der Waals surface area contributed by atoms with Gasteiger partial charge in [-0.05, 0) is 16.7 Å². The summed E-state index contributed by atoms with van der Waals surface area (Å²) in [6.45, 7) is 0. The summed E-state index contributed by atoms with van der Waals surface area (Å²) >= 11 is 0. The molecule has 15 heavy (non-hydrogen) atoms. The molecule has 0 saturated carbocycles. The molecular formula is C14H11O. The Morgan fingerprint density at radius 2 is 1.60 bits per heavy atom. The summed E-state index contributed by atoms with van der Waals surface area (Å²) in [4.78, 5) is 10.3. The summed E-state index contributed by atoms with van der Waals surface area (Å²) in [6, 6.07) is 18.1. The SMILES string of the molecule is O=[C]Cc1cccc(-c2ccccc2)c1. The molecule has 0 spiro atoms. The van der Waals surface area contributed by atoms with E-state index >= 15 is 0 Å². The lowest BCUT2D eigenvalue weighted by atomic mass is 10.0. The van der Waals surface area contributed by atoms with Crippen molar-refractivity contribution in [3.05, 3.63) is 60.2 Å². The second kappa shape index (κ2) is 4.56. The van der Waals surface area contributed by atoms with Gasteiger partial charge >= 0.3 is 0 Å². The Bertz CT molecular complexity index is 446. The maximum atomic E-state index is 10.3. The van der Waals surface area contributed by atoms with E-state index in [1.807, 2.05) is 48.8 Å². The van der Waals surface area contributed by atoms with Crippen molar-refractivity contribution in [1.29, 1.82) is 0 Å². The molecule has 0 aliphatic heterocycles. The van der Waals surface area contributed by atoms with E-state index < -0.39 is 0 Å². The van der Waals surface area contributed by atoms with E-state index in [4.69, 9.17) is 0 Å². The number of rotatable bonds is 3. The largest absolute Gasteiger partial charge is 0.291 e. The van der Waals surface area contributed by atoms with E-state index in [0.29, 0.717) is 6.42 Å². The average molecular weight is 195 g/mol. The average Bonchev–Trinajstić information content (AvgIpc) is 2.31. The van der Waals surface area contributed by atoms with Crippen molar-refractivity contribution in [3.63, 3.8) is 0 Å². The topological polar surface area (TPSA) is 17.1 Å². The van der Waals surface area contributed by atoms with E-state index in [1.165, 1.54) is 5.56 Å². The van der Waals surface area contributed by atoms with Crippen LogP contribution in [-0.2, 0) is 11.2 Å². The summed E-state index contributed by atoms with van der Waals surface area (Å²) in [6.07, 6.45) is 2.27. The maximum Gasteiger partial charge on any atom is 0.203 e. The highest BCUT2D eigenvalue weighted by atomic mass is 16.1. The van der Waals surface area contributed by atoms with Gasteiger partial charge in [0.2, 0.25) is 6.29 Å². The molecule has 2 aromatic carbocycles. The molecule has 0 aromatic heterocycles. The first-order chi connectivity index (χ1) is 7.40. The van der Waals surface area contributed by atoms with Crippen molar-refractivity contribution in [2.24, 2.45) is 0 Å². The molecule has 1 nitrogen and oxygen atoms in total. The van der Waals surface area contributed by atoms with Gasteiger partial charge in [0.05, 0.1) is 0 Å². The predicted molar refractivity (Wildman–Crippen MR) is 61.3 cm³/mol. The van der Waals surface area contributed by atoms with E-state index in [0.717, 1.165) is 11.1 Å². The molecule has 0 N–H and O–H groups in total. The Hall–Kier alpha value is -1.89. The second-order valence-corrected chi connectivity index (χ2v) is 3.39. The van der Waals surface area contributed by atoms with Gasteiger partial charge in [0, 0.05) is 6.42 Å². The first kappa shape index (κ1) is 9.66. The third-order valence-electron chi connectivity index (χ3n) is 2.31. The first-order valence-corrected chi connectivity index (χ1v) is 4.89. The zero-order valence-electron chi connectivity index (χ0n) is 8.31. The van der Waals surface area contributed by atoms with Crippen LogP contribution < -0.4 is 0 Å². The third-order valence-corrected chi connectivity index (χ3v) is 2.31. The van der Waals surface area contributed by atoms with Crippen molar-refractivity contribution >= 4 is 6.29 Å². The number of hydrogen-bond acceptors (Lipinski definition) is 1. The lowest BCUT2D eigenvalue weighted by Gasteiger charge is -2.02. The highest BCUT2D eigenvalue weighted by molar-refractivity contribution is 5.65. The van der Waals surface area contributed by atoms with E-state index in [1.54, 1.807) is 0 Å². The molecule has 0 fully saturated rings. The molecule has 1 radical (unpaired) electrons. The number of carbonyl (C=O) groups excluding carboxylic acids is 1. The van der Waals surface area contributed by atoms with Crippen molar-refractivity contribution in [3.8, 4) is 11.1 Å². The smallest absolute Gasteiger partial charge is 0.203 e. The monoisotopic (exact) mass is 195 g/mol. The summed E-state index contributed by atoms with van der Waals surface area (Å²) in [5.74, 6) is 0. The van der Waals surface area contributed by atoms with Crippen LogP contribution in [0.1, 0.15) is 5.56 Å². The van der Waals surface area contributed by atoms with Crippen LogP contribution >= 0.6 is 0 Å². The van der Waals surface area contributed by atoms with Crippen molar-refractivity contribution < 1.29 is 4.79 Å². The molecule has 0 heterocycles. The van der Waals surface area contributed by atoms with Gasteiger partial charge in [0.1, 0.15) is 0 Å². The zero-order chi connectivity index (χ0) is 10.5. The Morgan fingerprint density at radius 3 is 2.33 bits per heavy atom. The molecule has 2 aromatic rings. The highest BCUT2D eigenvalue weighted by Crippen LogP contribution is 2.19. The molecule has 0 aliphatic rings. The highest BCUT2D eigenvalue weighted by Gasteiger charge is 1.98. The van der Waals surface area contributed by atoms with Crippen LogP contribution in [0.15, 0.2) is 54.6 Å². The molecule has 0 bridgehead atoms. The molecule has 0 unspecified atom stereocenters. The lowest BCUT2D eigenvalue weighted by molar-refractivity contribution is 0.555. The summed E-state index contributed by atoms with van der Waals surface area (Å²) in [7, 11) is 0. The second-order valence-electron chi connectivity index (χ2n) is 3.39. The molecule has 0 atom stereocenters. The zero-order valence-corrected chi connectivity index (χ0v) is 8.31. The predicted octanol–water partition coefficient (Wildman–Crippen LogP) is 3.01. The molecule has 0 aliphatic carbocycles. The van der Waals surface area contributed by atoms with E-state index in [-0.39, 0.29) is 0 Å². The summed E-state index contributed by atoms with van der Waals surface area (Å²) in [5, 5.41) is 0. The van der Waals surface area contributed by atoms with E-state index in [9.17, 15) is 4.79 Å². The Kier molecular flexibility index (Phi) is 2.93.